The maximum absolute atomic E-state index is 12.0. The van der Waals surface area contributed by atoms with E-state index in [0.717, 1.165) is 25.8 Å². The van der Waals surface area contributed by atoms with Gasteiger partial charge in [-0.25, -0.2) is 4.98 Å². The van der Waals surface area contributed by atoms with E-state index in [0.29, 0.717) is 23.8 Å². The van der Waals surface area contributed by atoms with Crippen molar-refractivity contribution in [3.8, 4) is 0 Å². The smallest absolute Gasteiger partial charge is 0.228 e. The minimum atomic E-state index is -0.342. The van der Waals surface area contributed by atoms with Gasteiger partial charge in [-0.3, -0.25) is 14.5 Å². The number of hydrogen-bond acceptors (Lipinski definition) is 5. The van der Waals surface area contributed by atoms with E-state index < -0.39 is 0 Å². The number of aromatic nitrogens is 1. The summed E-state index contributed by atoms with van der Waals surface area (Å²) in [6, 6.07) is 0. The van der Waals surface area contributed by atoms with Crippen molar-refractivity contribution in [1.82, 2.24) is 10.3 Å². The van der Waals surface area contributed by atoms with E-state index >= 15 is 0 Å². The van der Waals surface area contributed by atoms with Crippen molar-refractivity contribution in [2.45, 2.75) is 51.5 Å². The highest BCUT2D eigenvalue weighted by Gasteiger charge is 2.25. The van der Waals surface area contributed by atoms with Gasteiger partial charge in [0.25, 0.3) is 0 Å². The first kappa shape index (κ1) is 16.9. The summed E-state index contributed by atoms with van der Waals surface area (Å²) >= 11 is 1.41. The van der Waals surface area contributed by atoms with Crippen LogP contribution >= 0.6 is 11.3 Å². The first-order valence-electron chi connectivity index (χ1n) is 7.78. The molecule has 1 fully saturated rings. The Balaban J connectivity index is 1.87. The van der Waals surface area contributed by atoms with E-state index in [1.165, 1.54) is 11.3 Å². The Morgan fingerprint density at radius 2 is 2.23 bits per heavy atom. The van der Waals surface area contributed by atoms with Crippen molar-refractivity contribution in [2.24, 2.45) is 5.73 Å². The number of hydrogen-bond donors (Lipinski definition) is 2. The highest BCUT2D eigenvalue weighted by molar-refractivity contribution is 7.14. The molecule has 0 saturated carbocycles. The molecule has 0 aromatic carbocycles. The number of carbonyl (C=O) groups is 2. The van der Waals surface area contributed by atoms with Gasteiger partial charge in [-0.05, 0) is 19.3 Å². The van der Waals surface area contributed by atoms with Gasteiger partial charge in [-0.2, -0.15) is 0 Å². The van der Waals surface area contributed by atoms with Crippen molar-refractivity contribution >= 4 is 28.3 Å². The predicted octanol–water partition coefficient (Wildman–Crippen LogP) is 1.45. The van der Waals surface area contributed by atoms with Gasteiger partial charge in [0.15, 0.2) is 5.13 Å². The lowest BCUT2D eigenvalue weighted by Gasteiger charge is -2.26. The average Bonchev–Trinajstić information content (AvgIpc) is 3.13. The van der Waals surface area contributed by atoms with E-state index in [1.807, 2.05) is 19.2 Å². The molecule has 0 aliphatic carbocycles. The van der Waals surface area contributed by atoms with Crippen molar-refractivity contribution in [1.29, 1.82) is 0 Å². The summed E-state index contributed by atoms with van der Waals surface area (Å²) in [4.78, 5) is 29.8. The molecule has 2 amide bonds. The van der Waals surface area contributed by atoms with Crippen LogP contribution in [-0.2, 0) is 16.0 Å². The molecule has 0 bridgehead atoms. The number of rotatable bonds is 7. The molecule has 0 spiro atoms. The topological polar surface area (TPSA) is 88.3 Å². The van der Waals surface area contributed by atoms with Crippen LogP contribution < -0.4 is 16.0 Å². The number of nitrogens with zero attached hydrogens (tertiary/aromatic N) is 2. The highest BCUT2D eigenvalue weighted by atomic mass is 32.1. The van der Waals surface area contributed by atoms with Gasteiger partial charge < -0.3 is 11.1 Å². The molecule has 1 aromatic rings. The number of carbonyl (C=O) groups excluding carboxylic acids is 2. The zero-order valence-corrected chi connectivity index (χ0v) is 14.0. The lowest BCUT2D eigenvalue weighted by molar-refractivity contribution is -0.120. The fraction of sp³-hybridized carbons (Fsp3) is 0.667. The second kappa shape index (κ2) is 7.19. The normalized spacial score (nSPS) is 15.4. The second-order valence-corrected chi connectivity index (χ2v) is 6.63. The van der Waals surface area contributed by atoms with Crippen LogP contribution in [0, 0.1) is 0 Å². The Labute approximate surface area is 135 Å². The first-order valence-corrected chi connectivity index (χ1v) is 8.65. The summed E-state index contributed by atoms with van der Waals surface area (Å²) in [6.07, 6.45) is 3.33. The van der Waals surface area contributed by atoms with Gasteiger partial charge in [0.2, 0.25) is 11.8 Å². The summed E-state index contributed by atoms with van der Waals surface area (Å²) < 4.78 is 0. The summed E-state index contributed by atoms with van der Waals surface area (Å²) in [5, 5.41) is 5.42. The van der Waals surface area contributed by atoms with Gasteiger partial charge in [0.05, 0.1) is 12.1 Å². The summed E-state index contributed by atoms with van der Waals surface area (Å²) in [7, 11) is 0. The molecule has 3 N–H and O–H groups in total. The van der Waals surface area contributed by atoms with Crippen LogP contribution in [0.15, 0.2) is 5.38 Å². The maximum atomic E-state index is 12.0. The Kier molecular flexibility index (Phi) is 5.52. The van der Waals surface area contributed by atoms with Gasteiger partial charge >= 0.3 is 0 Å². The van der Waals surface area contributed by atoms with E-state index in [4.69, 9.17) is 5.73 Å². The first-order chi connectivity index (χ1) is 10.5. The number of thiazole rings is 1. The largest absolute Gasteiger partial charge is 0.354 e. The van der Waals surface area contributed by atoms with Crippen LogP contribution in [0.3, 0.4) is 0 Å². The van der Waals surface area contributed by atoms with Crippen LogP contribution in [0.5, 0.6) is 0 Å². The van der Waals surface area contributed by atoms with Gasteiger partial charge in [-0.1, -0.05) is 13.8 Å². The Bertz CT molecular complexity index is 539. The monoisotopic (exact) mass is 324 g/mol. The predicted molar refractivity (Wildman–Crippen MR) is 87.9 cm³/mol. The minimum absolute atomic E-state index is 0.0821. The average molecular weight is 324 g/mol. The highest BCUT2D eigenvalue weighted by Crippen LogP contribution is 2.25. The van der Waals surface area contributed by atoms with E-state index in [2.05, 4.69) is 10.3 Å². The zero-order chi connectivity index (χ0) is 16.2. The van der Waals surface area contributed by atoms with Gasteiger partial charge in [-0.15, -0.1) is 11.3 Å². The summed E-state index contributed by atoms with van der Waals surface area (Å²) in [5.41, 5.74) is 6.53. The molecule has 22 heavy (non-hydrogen) atoms. The molecule has 1 aliphatic rings. The maximum Gasteiger partial charge on any atom is 0.228 e. The van der Waals surface area contributed by atoms with E-state index in [1.54, 1.807) is 4.90 Å². The van der Waals surface area contributed by atoms with E-state index in [-0.39, 0.29) is 23.8 Å². The molecule has 2 rings (SSSR count). The Morgan fingerprint density at radius 3 is 2.82 bits per heavy atom. The molecular weight excluding hydrogens is 300 g/mol. The third kappa shape index (κ3) is 4.04. The van der Waals surface area contributed by atoms with Crippen LogP contribution in [0.25, 0.3) is 0 Å². The molecule has 2 heterocycles. The molecule has 7 heteroatoms. The molecule has 1 aliphatic heterocycles. The number of nitrogens with one attached hydrogen (secondary N) is 1. The molecule has 1 saturated heterocycles. The third-order valence-electron chi connectivity index (χ3n) is 4.23. The second-order valence-electron chi connectivity index (χ2n) is 5.79. The number of amides is 2. The van der Waals surface area contributed by atoms with Crippen LogP contribution in [0.4, 0.5) is 5.13 Å². The molecule has 0 unspecified atom stereocenters. The van der Waals surface area contributed by atoms with Crippen molar-refractivity contribution in [3.05, 3.63) is 11.1 Å². The zero-order valence-electron chi connectivity index (χ0n) is 13.2. The standard InChI is InChI=1S/C15H24N4O2S/c1-3-15(16,4-2)10-17-12(20)8-11-9-22-14(18-11)19-7-5-6-13(19)21/h9H,3-8,10,16H2,1-2H3,(H,17,20). The van der Waals surface area contributed by atoms with Crippen LogP contribution in [-0.4, -0.2) is 35.4 Å². The number of anilines is 1. The molecule has 6 nitrogen and oxygen atoms in total. The van der Waals surface area contributed by atoms with E-state index in [9.17, 15) is 9.59 Å². The Morgan fingerprint density at radius 1 is 1.50 bits per heavy atom. The lowest BCUT2D eigenvalue weighted by Crippen LogP contribution is -2.49. The van der Waals surface area contributed by atoms with Crippen molar-refractivity contribution in [2.75, 3.05) is 18.0 Å². The molecule has 122 valence electrons. The fourth-order valence-electron chi connectivity index (χ4n) is 2.35. The molecule has 1 aromatic heterocycles. The van der Waals surface area contributed by atoms with Gasteiger partial charge in [0, 0.05) is 30.4 Å². The van der Waals surface area contributed by atoms with Gasteiger partial charge in [0.1, 0.15) is 0 Å². The summed E-state index contributed by atoms with van der Waals surface area (Å²) in [6.45, 7) is 5.24. The minimum Gasteiger partial charge on any atom is -0.354 e. The molecule has 0 atom stereocenters. The fourth-order valence-corrected chi connectivity index (χ4v) is 3.22. The van der Waals surface area contributed by atoms with Crippen LogP contribution in [0.1, 0.15) is 45.2 Å². The Hall–Kier alpha value is -1.47. The SMILES string of the molecule is CCC(N)(CC)CNC(=O)Cc1csc(N2CCCC2=O)n1. The van der Waals surface area contributed by atoms with Crippen molar-refractivity contribution < 1.29 is 9.59 Å². The summed E-state index contributed by atoms with van der Waals surface area (Å²) in [5.74, 6) is 0.0329. The van der Waals surface area contributed by atoms with Crippen molar-refractivity contribution in [3.63, 3.8) is 0 Å². The molecular formula is C15H24N4O2S. The third-order valence-corrected chi connectivity index (χ3v) is 5.14. The number of nitrogens with two attached hydrogens (primary N) is 1. The quantitative estimate of drug-likeness (QED) is 0.794. The van der Waals surface area contributed by atoms with Crippen LogP contribution in [0.2, 0.25) is 0 Å². The lowest BCUT2D eigenvalue weighted by atomic mass is 9.94. The molecule has 0 radical (unpaired) electrons.